The average Bonchev–Trinajstić information content (AvgIpc) is 3.28. The third-order valence-corrected chi connectivity index (χ3v) is 5.75. The number of hydrogen-bond acceptors (Lipinski definition) is 8. The van der Waals surface area contributed by atoms with E-state index in [0.29, 0.717) is 51.0 Å². The number of morpholine rings is 1. The number of rotatable bonds is 6. The maximum Gasteiger partial charge on any atom is 0.410 e. The Labute approximate surface area is 202 Å². The number of nitrogens with zero attached hydrogens (tertiary/aromatic N) is 4. The molecule has 3 heterocycles. The summed E-state index contributed by atoms with van der Waals surface area (Å²) in [6.45, 7) is 6.51. The second kappa shape index (κ2) is 10.6. The van der Waals surface area contributed by atoms with Gasteiger partial charge in [-0.05, 0) is 38.1 Å². The molecular weight excluding hydrogens is 454 g/mol. The Hall–Kier alpha value is -3.93. The molecule has 2 aliphatic rings. The fourth-order valence-electron chi connectivity index (χ4n) is 4.04. The first-order chi connectivity index (χ1) is 16.9. The fraction of sp³-hybridized carbons (Fsp3) is 0.435. The third kappa shape index (κ3) is 5.60. The van der Waals surface area contributed by atoms with Crippen molar-refractivity contribution < 1.29 is 23.9 Å². The van der Waals surface area contributed by atoms with Gasteiger partial charge in [0.1, 0.15) is 5.82 Å². The van der Waals surface area contributed by atoms with E-state index in [-0.39, 0.29) is 18.7 Å². The number of ether oxygens (including phenoxy) is 2. The summed E-state index contributed by atoms with van der Waals surface area (Å²) in [6, 6.07) is 6.63. The predicted octanol–water partition coefficient (Wildman–Crippen LogP) is 1.45. The lowest BCUT2D eigenvalue weighted by atomic mass is 10.1. The first-order valence-corrected chi connectivity index (χ1v) is 11.4. The normalized spacial score (nSPS) is 17.0. The molecule has 1 aromatic carbocycles. The summed E-state index contributed by atoms with van der Waals surface area (Å²) >= 11 is 0. The van der Waals surface area contributed by atoms with E-state index < -0.39 is 11.9 Å². The minimum absolute atomic E-state index is 0.123. The Balaban J connectivity index is 1.60. The van der Waals surface area contributed by atoms with Gasteiger partial charge >= 0.3 is 12.1 Å². The highest BCUT2D eigenvalue weighted by atomic mass is 16.6. The van der Waals surface area contributed by atoms with E-state index in [0.717, 1.165) is 22.6 Å². The molecule has 1 saturated heterocycles. The standard InChI is InChI=1S/C23H29N7O5/c1-3-35-23(33)29-11-17-18(12-29)27-20(28-21(17)30-8-9-34-13-14(30)2)15-4-6-16(7-5-15)26-22(32)25-10-19(24)31/h4-7,14H,3,8-13H2,1-2H3,(H2,24,31)(H2,25,26,32). The molecule has 1 atom stereocenters. The number of primary amides is 1. The van der Waals surface area contributed by atoms with Crippen LogP contribution in [0.3, 0.4) is 0 Å². The summed E-state index contributed by atoms with van der Waals surface area (Å²) in [7, 11) is 0. The summed E-state index contributed by atoms with van der Waals surface area (Å²) in [5.74, 6) is 0.685. The van der Waals surface area contributed by atoms with Crippen molar-refractivity contribution in [2.24, 2.45) is 5.73 Å². The lowest BCUT2D eigenvalue weighted by molar-refractivity contribution is -0.117. The highest BCUT2D eigenvalue weighted by Crippen LogP contribution is 2.33. The van der Waals surface area contributed by atoms with Crippen molar-refractivity contribution in [3.63, 3.8) is 0 Å². The SMILES string of the molecule is CCOC(=O)N1Cc2nc(-c3ccc(NC(=O)NCC(N)=O)cc3)nc(N3CCOCC3C)c2C1. The molecule has 0 saturated carbocycles. The van der Waals surface area contributed by atoms with Crippen molar-refractivity contribution in [1.82, 2.24) is 20.2 Å². The van der Waals surface area contributed by atoms with Crippen LogP contribution in [-0.2, 0) is 27.4 Å². The average molecular weight is 484 g/mol. The molecule has 12 nitrogen and oxygen atoms in total. The highest BCUT2D eigenvalue weighted by molar-refractivity contribution is 5.92. The monoisotopic (exact) mass is 483 g/mol. The number of amides is 4. The van der Waals surface area contributed by atoms with Crippen LogP contribution in [0, 0.1) is 0 Å². The minimum atomic E-state index is -0.629. The first kappa shape index (κ1) is 24.2. The molecule has 1 fully saturated rings. The van der Waals surface area contributed by atoms with Crippen LogP contribution in [0.1, 0.15) is 25.1 Å². The molecule has 0 aliphatic carbocycles. The van der Waals surface area contributed by atoms with Gasteiger partial charge in [0.05, 0.1) is 51.2 Å². The first-order valence-electron chi connectivity index (χ1n) is 11.4. The van der Waals surface area contributed by atoms with Crippen molar-refractivity contribution >= 4 is 29.5 Å². The number of nitrogens with two attached hydrogens (primary N) is 1. The smallest absolute Gasteiger partial charge is 0.410 e. The number of aromatic nitrogens is 2. The van der Waals surface area contributed by atoms with Crippen LogP contribution in [0.5, 0.6) is 0 Å². The number of carbonyl (C=O) groups is 3. The quantitative estimate of drug-likeness (QED) is 0.558. The summed E-state index contributed by atoms with van der Waals surface area (Å²) in [5.41, 5.74) is 8.03. The molecule has 12 heteroatoms. The zero-order chi connectivity index (χ0) is 24.9. The summed E-state index contributed by atoms with van der Waals surface area (Å²) in [6.07, 6.45) is -0.377. The molecule has 0 spiro atoms. The van der Waals surface area contributed by atoms with Crippen molar-refractivity contribution in [2.45, 2.75) is 33.0 Å². The number of hydrogen-bond donors (Lipinski definition) is 3. The van der Waals surface area contributed by atoms with Crippen LogP contribution in [-0.4, -0.2) is 71.9 Å². The Kier molecular flexibility index (Phi) is 7.30. The van der Waals surface area contributed by atoms with Crippen LogP contribution in [0.25, 0.3) is 11.4 Å². The lowest BCUT2D eigenvalue weighted by Gasteiger charge is -2.35. The number of urea groups is 1. The number of carbonyl (C=O) groups excluding carboxylic acids is 3. The van der Waals surface area contributed by atoms with Crippen LogP contribution in [0.15, 0.2) is 24.3 Å². The second-order valence-electron chi connectivity index (χ2n) is 8.32. The lowest BCUT2D eigenvalue weighted by Crippen LogP contribution is -2.44. The van der Waals surface area contributed by atoms with Crippen molar-refractivity contribution in [2.75, 3.05) is 43.1 Å². The molecule has 4 amide bonds. The largest absolute Gasteiger partial charge is 0.450 e. The topological polar surface area (TPSA) is 152 Å². The Morgan fingerprint density at radius 1 is 1.20 bits per heavy atom. The van der Waals surface area contributed by atoms with Gasteiger partial charge in [0.2, 0.25) is 5.91 Å². The van der Waals surface area contributed by atoms with Crippen LogP contribution < -0.4 is 21.3 Å². The molecule has 1 unspecified atom stereocenters. The van der Waals surface area contributed by atoms with Crippen LogP contribution >= 0.6 is 0 Å². The number of anilines is 2. The fourth-order valence-corrected chi connectivity index (χ4v) is 4.04. The van der Waals surface area contributed by atoms with E-state index in [1.807, 2.05) is 0 Å². The van der Waals surface area contributed by atoms with Gasteiger partial charge in [0.25, 0.3) is 0 Å². The van der Waals surface area contributed by atoms with Crippen molar-refractivity contribution in [3.8, 4) is 11.4 Å². The summed E-state index contributed by atoms with van der Waals surface area (Å²) in [4.78, 5) is 48.6. The van der Waals surface area contributed by atoms with Gasteiger partial charge < -0.3 is 30.7 Å². The van der Waals surface area contributed by atoms with Gasteiger partial charge in [-0.25, -0.2) is 19.6 Å². The molecule has 2 aliphatic heterocycles. The molecular formula is C23H29N7O5. The molecule has 35 heavy (non-hydrogen) atoms. The summed E-state index contributed by atoms with van der Waals surface area (Å²) in [5, 5.41) is 5.01. The highest BCUT2D eigenvalue weighted by Gasteiger charge is 2.33. The van der Waals surface area contributed by atoms with E-state index in [2.05, 4.69) is 22.5 Å². The van der Waals surface area contributed by atoms with Crippen molar-refractivity contribution in [1.29, 1.82) is 0 Å². The van der Waals surface area contributed by atoms with Crippen LogP contribution in [0.4, 0.5) is 21.1 Å². The molecule has 0 bridgehead atoms. The Bertz CT molecular complexity index is 1110. The molecule has 0 radical (unpaired) electrons. The number of benzene rings is 1. The number of fused-ring (bicyclic) bond motifs is 1. The zero-order valence-corrected chi connectivity index (χ0v) is 19.7. The van der Waals surface area contributed by atoms with E-state index >= 15 is 0 Å². The van der Waals surface area contributed by atoms with Gasteiger partial charge in [-0.15, -0.1) is 0 Å². The minimum Gasteiger partial charge on any atom is -0.450 e. The van der Waals surface area contributed by atoms with Gasteiger partial charge in [0.15, 0.2) is 5.82 Å². The Morgan fingerprint density at radius 3 is 2.66 bits per heavy atom. The number of nitrogens with one attached hydrogen (secondary N) is 2. The van der Waals surface area contributed by atoms with Gasteiger partial charge in [-0.1, -0.05) is 0 Å². The Morgan fingerprint density at radius 2 is 1.97 bits per heavy atom. The van der Waals surface area contributed by atoms with E-state index in [4.69, 9.17) is 25.2 Å². The maximum atomic E-state index is 12.4. The van der Waals surface area contributed by atoms with Crippen molar-refractivity contribution in [3.05, 3.63) is 35.5 Å². The van der Waals surface area contributed by atoms with Crippen LogP contribution in [0.2, 0.25) is 0 Å². The molecule has 1 aromatic heterocycles. The molecule has 4 N–H and O–H groups in total. The van der Waals surface area contributed by atoms with Gasteiger partial charge in [-0.2, -0.15) is 0 Å². The zero-order valence-electron chi connectivity index (χ0n) is 19.7. The third-order valence-electron chi connectivity index (χ3n) is 5.75. The maximum absolute atomic E-state index is 12.4. The molecule has 186 valence electrons. The van der Waals surface area contributed by atoms with E-state index in [9.17, 15) is 14.4 Å². The van der Waals surface area contributed by atoms with E-state index in [1.165, 1.54) is 0 Å². The molecule has 2 aromatic rings. The molecule has 4 rings (SSSR count). The van der Waals surface area contributed by atoms with Gasteiger partial charge in [-0.3, -0.25) is 9.69 Å². The summed E-state index contributed by atoms with van der Waals surface area (Å²) < 4.78 is 10.8. The van der Waals surface area contributed by atoms with Gasteiger partial charge in [0, 0.05) is 23.4 Å². The van der Waals surface area contributed by atoms with E-state index in [1.54, 1.807) is 36.1 Å². The predicted molar refractivity (Wildman–Crippen MR) is 128 cm³/mol. The second-order valence-corrected chi connectivity index (χ2v) is 8.32.